The van der Waals surface area contributed by atoms with Crippen LogP contribution in [0.3, 0.4) is 0 Å². The summed E-state index contributed by atoms with van der Waals surface area (Å²) in [5, 5.41) is 2.99. The minimum absolute atomic E-state index is 0.0394. The predicted molar refractivity (Wildman–Crippen MR) is 327 cm³/mol. The maximum Gasteiger partial charge on any atom is 0.510 e. The van der Waals surface area contributed by atoms with E-state index in [1.165, 1.54) is 46.2 Å². The summed E-state index contributed by atoms with van der Waals surface area (Å²) < 4.78 is 144. The second kappa shape index (κ2) is 30.7. The molecule has 7 rings (SSSR count). The number of anilines is 2. The number of nitrogens with zero attached hydrogens (tertiary/aromatic N) is 4. The van der Waals surface area contributed by atoms with E-state index < -0.39 is 98.5 Å². The number of allylic oxidation sites excluding steroid dienone is 1. The number of sulfonamides is 1. The molecule has 87 heavy (non-hydrogen) atoms. The first kappa shape index (κ1) is 68.8. The number of sulfone groups is 1. The van der Waals surface area contributed by atoms with Gasteiger partial charge in [-0.15, -0.1) is 11.8 Å². The highest BCUT2D eigenvalue weighted by atomic mass is 32.2. The number of nitrogens with one attached hydrogen (secondary N) is 2. The second-order valence-electron chi connectivity index (χ2n) is 23.0. The molecule has 2 N–H and O–H groups in total. The lowest BCUT2D eigenvalue weighted by Gasteiger charge is -2.39. The first-order valence-electron chi connectivity index (χ1n) is 28.9. The molecule has 478 valence electrons. The first-order valence-corrected chi connectivity index (χ1v) is 34.6. The van der Waals surface area contributed by atoms with Crippen LogP contribution in [0.4, 0.5) is 34.1 Å². The first-order chi connectivity index (χ1) is 41.1. The summed E-state index contributed by atoms with van der Waals surface area (Å²) in [7, 11) is -15.2. The number of amides is 1. The quantitative estimate of drug-likeness (QED) is 0.0245. The summed E-state index contributed by atoms with van der Waals surface area (Å²) in [6, 6.07) is 25.9. The number of thioether (sulfide) groups is 1. The molecule has 0 spiro atoms. The van der Waals surface area contributed by atoms with Crippen LogP contribution in [0.1, 0.15) is 88.7 Å². The van der Waals surface area contributed by atoms with E-state index in [4.69, 9.17) is 28.0 Å². The van der Waals surface area contributed by atoms with Gasteiger partial charge < -0.3 is 39.0 Å². The summed E-state index contributed by atoms with van der Waals surface area (Å²) in [5.74, 6) is -0.815. The smallest absolute Gasteiger partial charge is 0.432 e. The molecule has 2 fully saturated rings. The molecule has 0 saturated carbocycles. The lowest BCUT2D eigenvalue weighted by Crippen LogP contribution is -2.48. The van der Waals surface area contributed by atoms with Crippen LogP contribution >= 0.6 is 19.4 Å². The van der Waals surface area contributed by atoms with Gasteiger partial charge in [-0.2, -0.15) is 13.2 Å². The normalized spacial score (nSPS) is 17.0. The van der Waals surface area contributed by atoms with Crippen molar-refractivity contribution in [1.82, 2.24) is 19.4 Å². The molecule has 0 radical (unpaired) electrons. The molecule has 0 bridgehead atoms. The molecule has 1 aliphatic carbocycles. The number of rotatable bonds is 27. The standard InChI is InChI=1S/C60H80F3N6O14PS3/c1-43(2)82-57(71)78-41-80-84(73,81-42-79-58(72)83-44(3)4)36-35-67-29-27-66(28-30-67)26-24-49(40-85-51-11-9-8-10-12-51)64-54-22-21-52(37-55(54)86(74,75)60(61,62)63)87(76,77)65-56(70)47-17-19-50(20-18-47)69-33-31-68(32-34-69)39-48-38-59(6,7)25-23-53(48)46-15-13-45(5)14-16-46/h8-22,37,43-44,49,64H,23-36,38-42H2,1-7H3,(H,65,70)/t49-/m1/s1. The fourth-order valence-electron chi connectivity index (χ4n) is 10.2. The molecule has 4 aromatic rings. The van der Waals surface area contributed by atoms with E-state index in [1.807, 2.05) is 40.0 Å². The van der Waals surface area contributed by atoms with Crippen LogP contribution in [0.5, 0.6) is 0 Å². The maximum absolute atomic E-state index is 14.5. The summed E-state index contributed by atoms with van der Waals surface area (Å²) in [4.78, 5) is 44.7. The van der Waals surface area contributed by atoms with Gasteiger partial charge in [0.25, 0.3) is 25.8 Å². The summed E-state index contributed by atoms with van der Waals surface area (Å²) in [6.07, 6.45) is 0.188. The number of benzene rings is 4. The number of carbonyl (C=O) groups excluding carboxylic acids is 3. The topological polar surface area (TPSA) is 229 Å². The summed E-state index contributed by atoms with van der Waals surface area (Å²) >= 11 is 1.38. The SMILES string of the molecule is Cc1ccc(C2=C(CN3CCN(c4ccc(C(=O)NS(=O)(=O)c5ccc(N[C@H](CCN6CCN(CCP(=O)(OCOC(=O)OC(C)C)OCOC(=O)OC(C)C)CC6)CSc6ccccc6)c(S(=O)(=O)C(F)(F)F)c5)cc4)CC3)CC(C)(C)CC2)cc1. The van der Waals surface area contributed by atoms with Gasteiger partial charge in [-0.25, -0.2) is 31.1 Å². The lowest BCUT2D eigenvalue weighted by molar-refractivity contribution is -0.0437. The van der Waals surface area contributed by atoms with E-state index in [9.17, 15) is 49.0 Å². The minimum Gasteiger partial charge on any atom is -0.432 e. The van der Waals surface area contributed by atoms with Crippen molar-refractivity contribution in [3.05, 3.63) is 119 Å². The van der Waals surface area contributed by atoms with Crippen molar-refractivity contribution in [2.24, 2.45) is 5.41 Å². The molecule has 2 aliphatic heterocycles. The lowest BCUT2D eigenvalue weighted by atomic mass is 9.72. The van der Waals surface area contributed by atoms with Crippen LogP contribution in [0, 0.1) is 12.3 Å². The number of halogens is 3. The third kappa shape index (κ3) is 20.7. The summed E-state index contributed by atoms with van der Waals surface area (Å²) in [6.45, 7) is 18.0. The van der Waals surface area contributed by atoms with Crippen molar-refractivity contribution in [3.8, 4) is 0 Å². The largest absolute Gasteiger partial charge is 0.510 e. The van der Waals surface area contributed by atoms with Crippen molar-refractivity contribution in [2.45, 2.75) is 113 Å². The number of hydrogen-bond donors (Lipinski definition) is 2. The second-order valence-corrected chi connectivity index (χ2v) is 29.9. The number of hydrogen-bond acceptors (Lipinski definition) is 20. The Bertz CT molecular complexity index is 3240. The Kier molecular flexibility index (Phi) is 24.3. The van der Waals surface area contributed by atoms with Gasteiger partial charge in [0.1, 0.15) is 4.90 Å². The predicted octanol–water partition coefficient (Wildman–Crippen LogP) is 11.0. The Labute approximate surface area is 513 Å². The molecule has 27 heteroatoms. The van der Waals surface area contributed by atoms with E-state index in [0.717, 1.165) is 74.7 Å². The molecular formula is C60H80F3N6O14PS3. The van der Waals surface area contributed by atoms with Crippen molar-refractivity contribution in [1.29, 1.82) is 0 Å². The van der Waals surface area contributed by atoms with E-state index in [-0.39, 0.29) is 29.4 Å². The van der Waals surface area contributed by atoms with Crippen LogP contribution in [-0.4, -0.2) is 171 Å². The van der Waals surface area contributed by atoms with Gasteiger partial charge in [-0.1, -0.05) is 67.4 Å². The number of piperazine rings is 2. The average Bonchev–Trinajstić information content (AvgIpc) is 1.86. The number of alkyl halides is 3. The van der Waals surface area contributed by atoms with E-state index >= 15 is 0 Å². The Morgan fingerprint density at radius 3 is 1.89 bits per heavy atom. The third-order valence-corrected chi connectivity index (χ3v) is 20.7. The van der Waals surface area contributed by atoms with Gasteiger partial charge in [0, 0.05) is 99.9 Å². The average molecular weight is 1290 g/mol. The number of aryl methyl sites for hydroxylation is 1. The van der Waals surface area contributed by atoms with Crippen LogP contribution < -0.4 is 14.9 Å². The van der Waals surface area contributed by atoms with E-state index in [2.05, 4.69) is 65.1 Å². The fraction of sp³-hybridized carbons (Fsp3) is 0.517. The summed E-state index contributed by atoms with van der Waals surface area (Å²) in [5.41, 5.74) is 0.0847. The molecular weight excluding hydrogens is 1210 g/mol. The molecule has 2 saturated heterocycles. The van der Waals surface area contributed by atoms with Crippen molar-refractivity contribution in [2.75, 3.05) is 108 Å². The fourth-order valence-corrected chi connectivity index (χ4v) is 14.5. The van der Waals surface area contributed by atoms with Gasteiger partial charge in [0.15, 0.2) is 0 Å². The Hall–Kier alpha value is -5.70. The van der Waals surface area contributed by atoms with Crippen molar-refractivity contribution >= 4 is 74.4 Å². The van der Waals surface area contributed by atoms with E-state index in [1.54, 1.807) is 39.8 Å². The molecule has 20 nitrogen and oxygen atoms in total. The Morgan fingerprint density at radius 1 is 0.736 bits per heavy atom. The molecule has 3 aliphatic rings. The van der Waals surface area contributed by atoms with Crippen LogP contribution in [-0.2, 0) is 52.4 Å². The van der Waals surface area contributed by atoms with Crippen molar-refractivity contribution in [3.63, 3.8) is 0 Å². The monoisotopic (exact) mass is 1290 g/mol. The Balaban J connectivity index is 0.975. The zero-order valence-corrected chi connectivity index (χ0v) is 53.6. The third-order valence-electron chi connectivity index (χ3n) is 15.0. The highest BCUT2D eigenvalue weighted by Gasteiger charge is 2.49. The van der Waals surface area contributed by atoms with Gasteiger partial charge >= 0.3 is 25.4 Å². The molecule has 0 aromatic heterocycles. The van der Waals surface area contributed by atoms with Crippen LogP contribution in [0.2, 0.25) is 0 Å². The number of carbonyl (C=O) groups is 3. The van der Waals surface area contributed by atoms with Gasteiger partial charge in [-0.05, 0) is 131 Å². The Morgan fingerprint density at radius 2 is 1.31 bits per heavy atom. The number of ether oxygens (including phenoxy) is 4. The molecule has 1 atom stereocenters. The highest BCUT2D eigenvalue weighted by molar-refractivity contribution is 7.99. The van der Waals surface area contributed by atoms with Gasteiger partial charge in [0.05, 0.1) is 29.0 Å². The van der Waals surface area contributed by atoms with E-state index in [0.29, 0.717) is 45.2 Å². The molecule has 4 aromatic carbocycles. The minimum atomic E-state index is -6.18. The zero-order chi connectivity index (χ0) is 63.2. The molecule has 1 amide bonds. The van der Waals surface area contributed by atoms with Crippen LogP contribution in [0.25, 0.3) is 5.57 Å². The van der Waals surface area contributed by atoms with Gasteiger partial charge in [0.2, 0.25) is 13.6 Å². The van der Waals surface area contributed by atoms with Crippen molar-refractivity contribution < 1.29 is 77.0 Å². The van der Waals surface area contributed by atoms with Gasteiger partial charge in [-0.3, -0.25) is 23.3 Å². The zero-order valence-electron chi connectivity index (χ0n) is 50.2. The molecule has 2 heterocycles. The van der Waals surface area contributed by atoms with Crippen LogP contribution in [0.15, 0.2) is 117 Å². The maximum atomic E-state index is 14.5. The highest BCUT2D eigenvalue weighted by Crippen LogP contribution is 2.48. The molecule has 0 unspecified atom stereocenters.